The summed E-state index contributed by atoms with van der Waals surface area (Å²) in [7, 11) is 0. The third kappa shape index (κ3) is 1.44. The molecule has 18 heavy (non-hydrogen) atoms. The number of hydrogen-bond donors (Lipinski definition) is 1. The van der Waals surface area contributed by atoms with Crippen molar-refractivity contribution in [2.75, 3.05) is 0 Å². The number of rotatable bonds is 2. The van der Waals surface area contributed by atoms with Crippen LogP contribution in [0.15, 0.2) is 30.7 Å². The van der Waals surface area contributed by atoms with Gasteiger partial charge in [-0.3, -0.25) is 8.97 Å². The summed E-state index contributed by atoms with van der Waals surface area (Å²) in [6, 6.07) is 5.77. The lowest BCUT2D eigenvalue weighted by Gasteiger charge is -2.04. The van der Waals surface area contributed by atoms with E-state index in [4.69, 9.17) is 0 Å². The predicted octanol–water partition coefficient (Wildman–Crippen LogP) is 1.63. The van der Waals surface area contributed by atoms with Crippen LogP contribution in [0.25, 0.3) is 11.5 Å². The monoisotopic (exact) mass is 242 g/mol. The summed E-state index contributed by atoms with van der Waals surface area (Å²) in [5.74, 6) is 0.738. The Hall–Kier alpha value is -2.14. The molecule has 0 bridgehead atoms. The second-order valence-electron chi connectivity index (χ2n) is 4.25. The van der Waals surface area contributed by atoms with Crippen LogP contribution in [0.3, 0.4) is 0 Å². The predicted molar refractivity (Wildman–Crippen MR) is 67.7 cm³/mol. The van der Waals surface area contributed by atoms with Crippen molar-refractivity contribution in [2.24, 2.45) is 0 Å². The molecule has 0 aliphatic carbocycles. The SMILES string of the molecule is Cc1ncn(-c2nc3ccccn3c2CO)c1C. The van der Waals surface area contributed by atoms with E-state index in [1.165, 1.54) is 0 Å². The first-order chi connectivity index (χ1) is 8.72. The highest BCUT2D eigenvalue weighted by atomic mass is 16.3. The van der Waals surface area contributed by atoms with E-state index in [1.54, 1.807) is 6.33 Å². The minimum absolute atomic E-state index is 0.0584. The van der Waals surface area contributed by atoms with Gasteiger partial charge in [-0.15, -0.1) is 0 Å². The summed E-state index contributed by atoms with van der Waals surface area (Å²) in [6.45, 7) is 3.89. The van der Waals surface area contributed by atoms with Gasteiger partial charge in [-0.05, 0) is 26.0 Å². The van der Waals surface area contributed by atoms with Crippen molar-refractivity contribution in [3.8, 4) is 5.82 Å². The number of imidazole rings is 2. The minimum atomic E-state index is -0.0584. The maximum absolute atomic E-state index is 9.57. The van der Waals surface area contributed by atoms with E-state index in [-0.39, 0.29) is 6.61 Å². The van der Waals surface area contributed by atoms with Crippen molar-refractivity contribution in [1.29, 1.82) is 0 Å². The minimum Gasteiger partial charge on any atom is -0.390 e. The maximum atomic E-state index is 9.57. The van der Waals surface area contributed by atoms with Gasteiger partial charge < -0.3 is 5.11 Å². The topological polar surface area (TPSA) is 55.4 Å². The molecule has 3 aromatic heterocycles. The summed E-state index contributed by atoms with van der Waals surface area (Å²) in [5.41, 5.74) is 3.59. The highest BCUT2D eigenvalue weighted by Gasteiger charge is 2.15. The lowest BCUT2D eigenvalue weighted by molar-refractivity contribution is 0.275. The van der Waals surface area contributed by atoms with Crippen molar-refractivity contribution in [1.82, 2.24) is 18.9 Å². The molecule has 0 aliphatic rings. The average molecular weight is 242 g/mol. The Morgan fingerprint density at radius 1 is 1.28 bits per heavy atom. The molecule has 0 aliphatic heterocycles. The zero-order chi connectivity index (χ0) is 12.7. The van der Waals surface area contributed by atoms with Crippen LogP contribution in [0.1, 0.15) is 17.1 Å². The van der Waals surface area contributed by atoms with Crippen molar-refractivity contribution < 1.29 is 5.11 Å². The summed E-state index contributed by atoms with van der Waals surface area (Å²) in [4.78, 5) is 8.82. The lowest BCUT2D eigenvalue weighted by atomic mass is 10.3. The quantitative estimate of drug-likeness (QED) is 0.743. The van der Waals surface area contributed by atoms with Crippen molar-refractivity contribution in [3.05, 3.63) is 47.8 Å². The Bertz CT molecular complexity index is 711. The summed E-state index contributed by atoms with van der Waals surface area (Å²) >= 11 is 0. The van der Waals surface area contributed by atoms with Crippen LogP contribution in [0, 0.1) is 13.8 Å². The molecule has 3 aromatic rings. The number of aryl methyl sites for hydroxylation is 1. The molecule has 0 amide bonds. The zero-order valence-corrected chi connectivity index (χ0v) is 10.3. The number of aliphatic hydroxyl groups is 1. The number of hydrogen-bond acceptors (Lipinski definition) is 3. The number of fused-ring (bicyclic) bond motifs is 1. The van der Waals surface area contributed by atoms with E-state index in [0.717, 1.165) is 28.5 Å². The third-order valence-electron chi connectivity index (χ3n) is 3.24. The van der Waals surface area contributed by atoms with Crippen LogP contribution in [0.4, 0.5) is 0 Å². The first-order valence-electron chi connectivity index (χ1n) is 5.80. The number of aromatic nitrogens is 4. The van der Waals surface area contributed by atoms with Gasteiger partial charge in [-0.2, -0.15) is 0 Å². The smallest absolute Gasteiger partial charge is 0.163 e. The van der Waals surface area contributed by atoms with Crippen LogP contribution in [-0.4, -0.2) is 24.0 Å². The fourth-order valence-electron chi connectivity index (χ4n) is 2.09. The largest absolute Gasteiger partial charge is 0.390 e. The molecule has 0 atom stereocenters. The van der Waals surface area contributed by atoms with Gasteiger partial charge in [0.1, 0.15) is 12.0 Å². The fraction of sp³-hybridized carbons (Fsp3) is 0.231. The van der Waals surface area contributed by atoms with Crippen LogP contribution in [0.2, 0.25) is 0 Å². The molecule has 92 valence electrons. The Balaban J connectivity index is 2.32. The van der Waals surface area contributed by atoms with Gasteiger partial charge in [0.15, 0.2) is 5.82 Å². The molecular weight excluding hydrogens is 228 g/mol. The van der Waals surface area contributed by atoms with Crippen molar-refractivity contribution in [2.45, 2.75) is 20.5 Å². The average Bonchev–Trinajstić information content (AvgIpc) is 2.91. The maximum Gasteiger partial charge on any atom is 0.163 e. The van der Waals surface area contributed by atoms with Gasteiger partial charge in [0.2, 0.25) is 0 Å². The van der Waals surface area contributed by atoms with Gasteiger partial charge >= 0.3 is 0 Å². The van der Waals surface area contributed by atoms with E-state index in [1.807, 2.05) is 47.2 Å². The van der Waals surface area contributed by atoms with Crippen LogP contribution in [-0.2, 0) is 6.61 Å². The molecule has 0 radical (unpaired) electrons. The Morgan fingerprint density at radius 3 is 2.78 bits per heavy atom. The highest BCUT2D eigenvalue weighted by molar-refractivity contribution is 5.49. The lowest BCUT2D eigenvalue weighted by Crippen LogP contribution is -2.01. The Labute approximate surface area is 104 Å². The van der Waals surface area contributed by atoms with E-state index in [0.29, 0.717) is 0 Å². The van der Waals surface area contributed by atoms with Gasteiger partial charge in [-0.1, -0.05) is 6.07 Å². The van der Waals surface area contributed by atoms with Gasteiger partial charge in [-0.25, -0.2) is 9.97 Å². The molecular formula is C13H14N4O. The van der Waals surface area contributed by atoms with Crippen LogP contribution in [0.5, 0.6) is 0 Å². The van der Waals surface area contributed by atoms with E-state index < -0.39 is 0 Å². The molecule has 5 heteroatoms. The summed E-state index contributed by atoms with van der Waals surface area (Å²) in [5, 5.41) is 9.57. The van der Waals surface area contributed by atoms with Gasteiger partial charge in [0, 0.05) is 11.9 Å². The van der Waals surface area contributed by atoms with Crippen molar-refractivity contribution >= 4 is 5.65 Å². The third-order valence-corrected chi connectivity index (χ3v) is 3.24. The first-order valence-corrected chi connectivity index (χ1v) is 5.80. The van der Waals surface area contributed by atoms with Crippen LogP contribution >= 0.6 is 0 Å². The molecule has 3 heterocycles. The zero-order valence-electron chi connectivity index (χ0n) is 10.3. The van der Waals surface area contributed by atoms with E-state index >= 15 is 0 Å². The first kappa shape index (κ1) is 11.0. The Kier molecular flexibility index (Phi) is 2.41. The van der Waals surface area contributed by atoms with E-state index in [2.05, 4.69) is 9.97 Å². The standard InChI is InChI=1S/C13H14N4O/c1-9-10(2)17(8-14-9)13-11(7-18)16-6-4-3-5-12(16)15-13/h3-6,8,18H,7H2,1-2H3. The summed E-state index contributed by atoms with van der Waals surface area (Å²) < 4.78 is 3.80. The normalized spacial score (nSPS) is 11.3. The molecule has 0 saturated heterocycles. The number of aliphatic hydroxyl groups excluding tert-OH is 1. The molecule has 0 fully saturated rings. The molecule has 0 aromatic carbocycles. The van der Waals surface area contributed by atoms with Gasteiger partial charge in [0.25, 0.3) is 0 Å². The van der Waals surface area contributed by atoms with Crippen molar-refractivity contribution in [3.63, 3.8) is 0 Å². The number of nitrogens with zero attached hydrogens (tertiary/aromatic N) is 4. The molecule has 5 nitrogen and oxygen atoms in total. The molecule has 1 N–H and O–H groups in total. The van der Waals surface area contributed by atoms with Gasteiger partial charge in [0.05, 0.1) is 18.0 Å². The molecule has 0 unspecified atom stereocenters. The fourth-order valence-corrected chi connectivity index (χ4v) is 2.09. The molecule has 0 saturated carbocycles. The van der Waals surface area contributed by atoms with Crippen LogP contribution < -0.4 is 0 Å². The second-order valence-corrected chi connectivity index (χ2v) is 4.25. The highest BCUT2D eigenvalue weighted by Crippen LogP contribution is 2.19. The van der Waals surface area contributed by atoms with E-state index in [9.17, 15) is 5.11 Å². The number of pyridine rings is 1. The second kappa shape index (κ2) is 3.96. The molecule has 3 rings (SSSR count). The summed E-state index contributed by atoms with van der Waals surface area (Å²) in [6.07, 6.45) is 3.64. The molecule has 0 spiro atoms. The Morgan fingerprint density at radius 2 is 2.11 bits per heavy atom.